The molecule has 1 aliphatic carbocycles. The normalized spacial score (nSPS) is 17.9. The minimum atomic E-state index is -0.0380. The van der Waals surface area contributed by atoms with Crippen LogP contribution in [0.1, 0.15) is 53.6 Å². The topological polar surface area (TPSA) is 20.3 Å². The average Bonchev–Trinajstić information content (AvgIpc) is 2.53. The van der Waals surface area contributed by atoms with Crippen molar-refractivity contribution in [1.29, 1.82) is 0 Å². The molecule has 2 nitrogen and oxygen atoms in total. The van der Waals surface area contributed by atoms with Crippen molar-refractivity contribution in [2.75, 3.05) is 13.1 Å². The number of hydrogen-bond acceptors (Lipinski definition) is 2. The number of nitrogens with zero attached hydrogens (tertiary/aromatic N) is 1. The van der Waals surface area contributed by atoms with Crippen LogP contribution in [0.15, 0.2) is 18.2 Å². The number of hydrogen-bond donors (Lipinski definition) is 0. The predicted molar refractivity (Wildman–Crippen MR) is 80.6 cm³/mol. The van der Waals surface area contributed by atoms with Crippen LogP contribution < -0.4 is 0 Å². The van der Waals surface area contributed by atoms with Crippen molar-refractivity contribution in [2.24, 2.45) is 0 Å². The van der Waals surface area contributed by atoms with Crippen LogP contribution in [0.5, 0.6) is 0 Å². The van der Waals surface area contributed by atoms with Crippen molar-refractivity contribution in [3.63, 3.8) is 0 Å². The predicted octanol–water partition coefficient (Wildman–Crippen LogP) is 3.19. The molecule has 1 heterocycles. The number of Topliss-reactive ketones (excluding diaryl/α,β-unsaturated/α-hetero) is 1. The Labute approximate surface area is 121 Å². The number of likely N-dealkylation sites (tertiary alicyclic amines) is 1. The number of carbonyl (C=O) groups is 1. The van der Waals surface area contributed by atoms with Crippen LogP contribution in [-0.4, -0.2) is 23.8 Å². The summed E-state index contributed by atoms with van der Waals surface area (Å²) in [5.74, 6) is 2.77. The number of benzene rings is 1. The minimum absolute atomic E-state index is 0.0380. The van der Waals surface area contributed by atoms with E-state index in [0.717, 1.165) is 31.5 Å². The minimum Gasteiger partial charge on any atom is -0.332 e. The molecule has 1 aromatic carbocycles. The van der Waals surface area contributed by atoms with Gasteiger partial charge in [-0.1, -0.05) is 12.1 Å². The van der Waals surface area contributed by atoms with E-state index in [2.05, 4.69) is 29.0 Å². The molecule has 2 heteroatoms. The van der Waals surface area contributed by atoms with Crippen LogP contribution in [0.4, 0.5) is 0 Å². The van der Waals surface area contributed by atoms with Gasteiger partial charge in [-0.15, -0.1) is 0 Å². The number of fused-ring (bicyclic) bond motifs is 1. The largest absolute Gasteiger partial charge is 0.332 e. The molecule has 0 bridgehead atoms. The number of piperidine rings is 1. The van der Waals surface area contributed by atoms with Crippen LogP contribution in [0.25, 0.3) is 0 Å². The first-order valence-electron chi connectivity index (χ1n) is 7.76. The Morgan fingerprint density at radius 2 is 1.70 bits per heavy atom. The van der Waals surface area contributed by atoms with Crippen molar-refractivity contribution in [3.05, 3.63) is 34.9 Å². The Morgan fingerprint density at radius 3 is 2.50 bits per heavy atom. The summed E-state index contributed by atoms with van der Waals surface area (Å²) >= 11 is 0. The Morgan fingerprint density at radius 1 is 0.950 bits per heavy atom. The van der Waals surface area contributed by atoms with Gasteiger partial charge in [0.05, 0.1) is 0 Å². The summed E-state index contributed by atoms with van der Waals surface area (Å²) in [4.78, 5) is 14.3. The van der Waals surface area contributed by atoms with Crippen molar-refractivity contribution >= 4 is 5.78 Å². The molecule has 1 saturated heterocycles. The molecule has 0 unspecified atom stereocenters. The van der Waals surface area contributed by atoms with E-state index >= 15 is 0 Å². The van der Waals surface area contributed by atoms with Gasteiger partial charge in [0.25, 0.3) is 0 Å². The molecule has 2 aliphatic rings. The molecule has 0 amide bonds. The van der Waals surface area contributed by atoms with Crippen LogP contribution in [0.3, 0.4) is 0 Å². The van der Waals surface area contributed by atoms with E-state index < -0.39 is 0 Å². The molecule has 3 rings (SSSR count). The highest BCUT2D eigenvalue weighted by atomic mass is 16.1. The zero-order valence-corrected chi connectivity index (χ0v) is 12.0. The lowest BCUT2D eigenvalue weighted by Crippen LogP contribution is -2.25. The summed E-state index contributed by atoms with van der Waals surface area (Å²) in [7, 11) is 0. The molecule has 0 spiro atoms. The number of ketones is 1. The summed E-state index contributed by atoms with van der Waals surface area (Å²) in [6, 6.07) is 9.15. The van der Waals surface area contributed by atoms with Gasteiger partial charge >= 0.3 is 0 Å². The Hall–Kier alpha value is -1.75. The van der Waals surface area contributed by atoms with Gasteiger partial charge in [-0.2, -0.15) is 0 Å². The van der Waals surface area contributed by atoms with Crippen LogP contribution in [0.2, 0.25) is 0 Å². The fraction of sp³-hybridized carbons (Fsp3) is 0.500. The highest BCUT2D eigenvalue weighted by Gasteiger charge is 2.12. The van der Waals surface area contributed by atoms with Crippen molar-refractivity contribution in [2.45, 2.75) is 44.9 Å². The third-order valence-corrected chi connectivity index (χ3v) is 4.29. The standard InChI is InChI=1S/C18H21NO/c20-18(10-13-19-11-4-1-5-12-19)17-9-8-15-6-2-3-7-16(15)14-17/h8-9,14H,1-7,11-12H2. The molecule has 0 saturated carbocycles. The zero-order valence-electron chi connectivity index (χ0n) is 12.0. The van der Waals surface area contributed by atoms with Gasteiger partial charge in [0.1, 0.15) is 0 Å². The highest BCUT2D eigenvalue weighted by molar-refractivity contribution is 6.09. The van der Waals surface area contributed by atoms with E-state index in [1.165, 1.54) is 43.2 Å². The van der Waals surface area contributed by atoms with E-state index in [1.807, 2.05) is 6.07 Å². The molecule has 0 N–H and O–H groups in total. The van der Waals surface area contributed by atoms with E-state index in [0.29, 0.717) is 0 Å². The fourth-order valence-electron chi connectivity index (χ4n) is 3.08. The van der Waals surface area contributed by atoms with Gasteiger partial charge in [0, 0.05) is 24.7 Å². The first kappa shape index (κ1) is 13.2. The van der Waals surface area contributed by atoms with Crippen molar-refractivity contribution < 1.29 is 4.79 Å². The first-order chi connectivity index (χ1) is 9.83. The third-order valence-electron chi connectivity index (χ3n) is 4.29. The van der Waals surface area contributed by atoms with E-state index in [1.54, 1.807) is 0 Å². The molecule has 0 atom stereocenters. The zero-order chi connectivity index (χ0) is 13.8. The van der Waals surface area contributed by atoms with Crippen LogP contribution >= 0.6 is 0 Å². The second-order valence-corrected chi connectivity index (χ2v) is 5.80. The van der Waals surface area contributed by atoms with Gasteiger partial charge in [-0.3, -0.25) is 4.79 Å². The summed E-state index contributed by atoms with van der Waals surface area (Å²) < 4.78 is 0. The molecule has 20 heavy (non-hydrogen) atoms. The second kappa shape index (κ2) is 6.13. The Bertz CT molecular complexity index is 559. The smallest absolute Gasteiger partial charge is 0.237 e. The lowest BCUT2D eigenvalue weighted by molar-refractivity contribution is 0.105. The second-order valence-electron chi connectivity index (χ2n) is 5.80. The highest BCUT2D eigenvalue weighted by Crippen LogP contribution is 2.22. The molecule has 1 fully saturated rings. The molecule has 0 aromatic heterocycles. The number of carbonyl (C=O) groups excluding carboxylic acids is 1. The van der Waals surface area contributed by atoms with E-state index in [9.17, 15) is 4.79 Å². The van der Waals surface area contributed by atoms with Gasteiger partial charge < -0.3 is 4.90 Å². The maximum Gasteiger partial charge on any atom is 0.237 e. The molecule has 1 aliphatic heterocycles. The number of rotatable bonds is 1. The molecular formula is C18H21NO. The van der Waals surface area contributed by atoms with Crippen molar-refractivity contribution in [3.8, 4) is 12.0 Å². The molecule has 104 valence electrons. The number of aryl methyl sites for hydroxylation is 2. The molecule has 1 aromatic rings. The van der Waals surface area contributed by atoms with Crippen LogP contribution in [-0.2, 0) is 12.8 Å². The fourth-order valence-corrected chi connectivity index (χ4v) is 3.08. The summed E-state index contributed by atoms with van der Waals surface area (Å²) in [5.41, 5.74) is 3.52. The van der Waals surface area contributed by atoms with Gasteiger partial charge in [0.2, 0.25) is 5.78 Å². The van der Waals surface area contributed by atoms with Gasteiger partial charge in [0.15, 0.2) is 0 Å². The average molecular weight is 267 g/mol. The Kier molecular flexibility index (Phi) is 4.06. The lowest BCUT2D eigenvalue weighted by atomic mass is 9.90. The van der Waals surface area contributed by atoms with Crippen molar-refractivity contribution in [1.82, 2.24) is 4.90 Å². The summed E-state index contributed by atoms with van der Waals surface area (Å²) in [6.07, 6.45) is 8.46. The van der Waals surface area contributed by atoms with E-state index in [-0.39, 0.29) is 5.78 Å². The molecular weight excluding hydrogens is 246 g/mol. The van der Waals surface area contributed by atoms with E-state index in [4.69, 9.17) is 0 Å². The van der Waals surface area contributed by atoms with Gasteiger partial charge in [-0.25, -0.2) is 0 Å². The summed E-state index contributed by atoms with van der Waals surface area (Å²) in [6.45, 7) is 2.01. The molecule has 0 radical (unpaired) electrons. The summed E-state index contributed by atoms with van der Waals surface area (Å²) in [5, 5.41) is 0. The maximum absolute atomic E-state index is 12.2. The monoisotopic (exact) mass is 267 g/mol. The Balaban J connectivity index is 1.72. The lowest BCUT2D eigenvalue weighted by Gasteiger charge is -2.21. The quantitative estimate of drug-likeness (QED) is 0.575. The maximum atomic E-state index is 12.2. The first-order valence-corrected chi connectivity index (χ1v) is 7.76. The van der Waals surface area contributed by atoms with Crippen LogP contribution in [0, 0.1) is 12.0 Å². The SMILES string of the molecule is O=C(C#CN1CCCCC1)c1ccc2c(c1)CCCC2. The van der Waals surface area contributed by atoms with Gasteiger partial charge in [-0.05, 0) is 68.1 Å². The third kappa shape index (κ3) is 3.04.